The van der Waals surface area contributed by atoms with E-state index in [9.17, 15) is 0 Å². The lowest BCUT2D eigenvalue weighted by Gasteiger charge is -2.61. The maximum absolute atomic E-state index is 2.47. The van der Waals surface area contributed by atoms with Gasteiger partial charge in [-0.15, -0.1) is 0 Å². The summed E-state index contributed by atoms with van der Waals surface area (Å²) in [6.07, 6.45) is 6.03. The van der Waals surface area contributed by atoms with Crippen LogP contribution in [0.25, 0.3) is 0 Å². The highest BCUT2D eigenvalue weighted by molar-refractivity contribution is 5.04. The van der Waals surface area contributed by atoms with Gasteiger partial charge in [-0.3, -0.25) is 0 Å². The molecule has 0 N–H and O–H groups in total. The third-order valence-electron chi connectivity index (χ3n) is 9.47. The van der Waals surface area contributed by atoms with E-state index in [1.54, 1.807) is 0 Å². The summed E-state index contributed by atoms with van der Waals surface area (Å²) >= 11 is 0. The Kier molecular flexibility index (Phi) is 8.32. The fourth-order valence-electron chi connectivity index (χ4n) is 6.82. The molecule has 0 aromatic rings. The SMILES string of the molecule is CC.CC.C[C@@H]1[C@@H](C)C[C@H]2C[C@@H]1C2(C)C.C[C@H]1[C@H](C)C[C@@H]2C[C@H]1C2(C)C. The summed E-state index contributed by atoms with van der Waals surface area (Å²) in [5, 5.41) is 0. The van der Waals surface area contributed by atoms with Crippen molar-refractivity contribution in [2.75, 3.05) is 0 Å². The standard InChI is InChI=1S/2C11H20.2C2H6/c2*1-7-5-9-6-10(8(7)2)11(9,3)4;2*1-2/h2*7-10H,5-6H2,1-4H3;2*1-2H3/t2*7-,8+,9-,10-;;/m10../s1. The summed E-state index contributed by atoms with van der Waals surface area (Å²) < 4.78 is 0. The fraction of sp³-hybridized carbons (Fsp3) is 1.00. The number of hydrogen-bond donors (Lipinski definition) is 0. The van der Waals surface area contributed by atoms with Crippen LogP contribution in [0, 0.1) is 58.2 Å². The number of fused-ring (bicyclic) bond motifs is 4. The number of rotatable bonds is 0. The van der Waals surface area contributed by atoms with E-state index in [1.165, 1.54) is 25.7 Å². The fourth-order valence-corrected chi connectivity index (χ4v) is 6.82. The van der Waals surface area contributed by atoms with E-state index in [1.807, 2.05) is 27.7 Å². The quantitative estimate of drug-likeness (QED) is 0.403. The topological polar surface area (TPSA) is 0 Å². The molecule has 0 radical (unpaired) electrons. The molecule has 0 aromatic carbocycles. The van der Waals surface area contributed by atoms with Gasteiger partial charge in [-0.1, -0.05) is 83.1 Å². The highest BCUT2D eigenvalue weighted by Gasteiger charge is 2.55. The van der Waals surface area contributed by atoms with Crippen LogP contribution in [0.5, 0.6) is 0 Å². The zero-order valence-electron chi connectivity index (χ0n) is 20.4. The summed E-state index contributed by atoms with van der Waals surface area (Å²) in [7, 11) is 0. The average molecular weight is 365 g/mol. The largest absolute Gasteiger partial charge is 0.0683 e. The molecule has 8 atom stereocenters. The first kappa shape index (κ1) is 24.0. The van der Waals surface area contributed by atoms with Gasteiger partial charge in [0.25, 0.3) is 0 Å². The predicted octanol–water partition coefficient (Wildman–Crippen LogP) is 8.70. The second-order valence-electron chi connectivity index (χ2n) is 10.9. The monoisotopic (exact) mass is 364 g/mol. The molecule has 6 fully saturated rings. The van der Waals surface area contributed by atoms with Crippen molar-refractivity contribution in [2.24, 2.45) is 58.2 Å². The molecule has 0 unspecified atom stereocenters. The molecule has 4 bridgehead atoms. The maximum atomic E-state index is 2.47. The molecule has 0 heterocycles. The zero-order chi connectivity index (χ0) is 20.4. The first-order valence-electron chi connectivity index (χ1n) is 12.1. The van der Waals surface area contributed by atoms with E-state index >= 15 is 0 Å². The van der Waals surface area contributed by atoms with Crippen LogP contribution in [0.2, 0.25) is 0 Å². The van der Waals surface area contributed by atoms with Gasteiger partial charge in [-0.25, -0.2) is 0 Å². The molecule has 0 aromatic heterocycles. The normalized spacial score (nSPS) is 45.7. The first-order chi connectivity index (χ1) is 12.1. The van der Waals surface area contributed by atoms with E-state index in [0.29, 0.717) is 10.8 Å². The lowest BCUT2D eigenvalue weighted by molar-refractivity contribution is -0.124. The molecule has 6 aliphatic rings. The Balaban J connectivity index is 0.000000219. The van der Waals surface area contributed by atoms with Crippen LogP contribution >= 0.6 is 0 Å². The van der Waals surface area contributed by atoms with Crippen molar-refractivity contribution in [3.63, 3.8) is 0 Å². The van der Waals surface area contributed by atoms with Crippen LogP contribution in [0.1, 0.15) is 109 Å². The Morgan fingerprint density at radius 1 is 0.500 bits per heavy atom. The van der Waals surface area contributed by atoms with E-state index in [4.69, 9.17) is 0 Å². The van der Waals surface area contributed by atoms with Gasteiger partial charge in [0.05, 0.1) is 0 Å². The first-order valence-corrected chi connectivity index (χ1v) is 12.1. The summed E-state index contributed by atoms with van der Waals surface area (Å²) in [5.41, 5.74) is 1.37. The molecular formula is C26H52. The molecule has 26 heavy (non-hydrogen) atoms. The minimum Gasteiger partial charge on any atom is -0.0683 e. The molecule has 0 amide bonds. The number of hydrogen-bond acceptors (Lipinski definition) is 0. The Hall–Kier alpha value is 0. The van der Waals surface area contributed by atoms with E-state index in [2.05, 4.69) is 55.4 Å². The molecule has 0 spiro atoms. The Morgan fingerprint density at radius 3 is 0.923 bits per heavy atom. The summed E-state index contributed by atoms with van der Waals surface area (Å²) in [5.74, 6) is 8.13. The van der Waals surface area contributed by atoms with Gasteiger partial charge in [-0.2, -0.15) is 0 Å². The van der Waals surface area contributed by atoms with Gasteiger partial charge in [0.1, 0.15) is 0 Å². The van der Waals surface area contributed by atoms with E-state index in [-0.39, 0.29) is 0 Å². The van der Waals surface area contributed by atoms with Crippen LogP contribution < -0.4 is 0 Å². The van der Waals surface area contributed by atoms with Crippen LogP contribution in [0.15, 0.2) is 0 Å². The van der Waals surface area contributed by atoms with Crippen molar-refractivity contribution in [1.82, 2.24) is 0 Å². The smallest absolute Gasteiger partial charge is 0.0295 e. The minimum atomic E-state index is 0.686. The summed E-state index contributed by atoms with van der Waals surface area (Å²) in [6.45, 7) is 27.6. The molecule has 0 aliphatic heterocycles. The molecule has 0 nitrogen and oxygen atoms in total. The molecule has 6 saturated carbocycles. The van der Waals surface area contributed by atoms with Crippen LogP contribution in [0.4, 0.5) is 0 Å². The summed E-state index contributed by atoms with van der Waals surface area (Å²) in [6, 6.07) is 0. The van der Waals surface area contributed by atoms with Crippen molar-refractivity contribution >= 4 is 0 Å². The molecule has 6 aliphatic carbocycles. The van der Waals surface area contributed by atoms with Crippen molar-refractivity contribution in [2.45, 2.75) is 109 Å². The van der Waals surface area contributed by atoms with Gasteiger partial charge < -0.3 is 0 Å². The molecular weight excluding hydrogens is 312 g/mol. The molecule has 0 saturated heterocycles. The van der Waals surface area contributed by atoms with Crippen molar-refractivity contribution in [1.29, 1.82) is 0 Å². The Labute approximate surface area is 167 Å². The van der Waals surface area contributed by atoms with Crippen molar-refractivity contribution in [3.8, 4) is 0 Å². The van der Waals surface area contributed by atoms with Crippen molar-refractivity contribution < 1.29 is 0 Å². The summed E-state index contributed by atoms with van der Waals surface area (Å²) in [4.78, 5) is 0. The van der Waals surface area contributed by atoms with Gasteiger partial charge >= 0.3 is 0 Å². The molecule has 6 rings (SSSR count). The van der Waals surface area contributed by atoms with Crippen LogP contribution in [-0.2, 0) is 0 Å². The van der Waals surface area contributed by atoms with Gasteiger partial charge in [0.15, 0.2) is 0 Å². The van der Waals surface area contributed by atoms with Crippen LogP contribution in [0.3, 0.4) is 0 Å². The van der Waals surface area contributed by atoms with Gasteiger partial charge in [-0.05, 0) is 83.9 Å². The third-order valence-corrected chi connectivity index (χ3v) is 9.47. The second-order valence-corrected chi connectivity index (χ2v) is 10.9. The highest BCUT2D eigenvalue weighted by Crippen LogP contribution is 2.63. The molecule has 156 valence electrons. The lowest BCUT2D eigenvalue weighted by Crippen LogP contribution is -2.54. The van der Waals surface area contributed by atoms with Crippen LogP contribution in [-0.4, -0.2) is 0 Å². The predicted molar refractivity (Wildman–Crippen MR) is 119 cm³/mol. The Bertz CT molecular complexity index is 378. The van der Waals surface area contributed by atoms with Gasteiger partial charge in [0, 0.05) is 0 Å². The second kappa shape index (κ2) is 9.00. The van der Waals surface area contributed by atoms with E-state index < -0.39 is 0 Å². The average Bonchev–Trinajstić information content (AvgIpc) is 2.62. The Morgan fingerprint density at radius 2 is 0.769 bits per heavy atom. The minimum absolute atomic E-state index is 0.686. The maximum Gasteiger partial charge on any atom is -0.0295 e. The van der Waals surface area contributed by atoms with Crippen molar-refractivity contribution in [3.05, 3.63) is 0 Å². The van der Waals surface area contributed by atoms with Gasteiger partial charge in [0.2, 0.25) is 0 Å². The lowest BCUT2D eigenvalue weighted by atomic mass is 9.44. The van der Waals surface area contributed by atoms with E-state index in [0.717, 1.165) is 47.3 Å². The zero-order valence-corrected chi connectivity index (χ0v) is 20.4. The third kappa shape index (κ3) is 4.05. The highest BCUT2D eigenvalue weighted by atomic mass is 14.6. The molecule has 0 heteroatoms.